The zero-order valence-electron chi connectivity index (χ0n) is 16.4. The fourth-order valence-electron chi connectivity index (χ4n) is 2.96. The van der Waals surface area contributed by atoms with Crippen LogP contribution in [0.4, 0.5) is 4.79 Å². The van der Waals surface area contributed by atoms with Crippen LogP contribution in [0.3, 0.4) is 0 Å². The monoisotopic (exact) mass is 362 g/mol. The second-order valence-corrected chi connectivity index (χ2v) is 7.73. The summed E-state index contributed by atoms with van der Waals surface area (Å²) in [6.45, 7) is 9.33. The Labute approximate surface area is 156 Å². The van der Waals surface area contributed by atoms with E-state index in [9.17, 15) is 9.59 Å². The van der Waals surface area contributed by atoms with Crippen LogP contribution in [0, 0.1) is 0 Å². The van der Waals surface area contributed by atoms with Gasteiger partial charge in [-0.1, -0.05) is 30.3 Å². The highest BCUT2D eigenvalue weighted by molar-refractivity contribution is 5.75. The first kappa shape index (κ1) is 20.2. The van der Waals surface area contributed by atoms with Gasteiger partial charge >= 0.3 is 12.1 Å². The molecule has 0 bridgehead atoms. The van der Waals surface area contributed by atoms with E-state index in [1.54, 1.807) is 4.90 Å². The van der Waals surface area contributed by atoms with E-state index < -0.39 is 5.60 Å². The molecule has 1 aromatic carbocycles. The van der Waals surface area contributed by atoms with Gasteiger partial charge in [0.2, 0.25) is 0 Å². The molecule has 6 heteroatoms. The maximum absolute atomic E-state index is 12.3. The van der Waals surface area contributed by atoms with Crippen molar-refractivity contribution < 1.29 is 19.1 Å². The molecule has 0 N–H and O–H groups in total. The quantitative estimate of drug-likeness (QED) is 0.728. The van der Waals surface area contributed by atoms with Crippen molar-refractivity contribution in [2.45, 2.75) is 58.3 Å². The summed E-state index contributed by atoms with van der Waals surface area (Å²) in [6, 6.07) is 9.64. The molecule has 1 amide bonds. The van der Waals surface area contributed by atoms with Crippen molar-refractivity contribution in [3.8, 4) is 0 Å². The van der Waals surface area contributed by atoms with Crippen LogP contribution in [0.1, 0.15) is 39.7 Å². The Bertz CT molecular complexity index is 612. The fourth-order valence-corrected chi connectivity index (χ4v) is 2.96. The Balaban J connectivity index is 2.06. The molecule has 2 rings (SSSR count). The molecule has 0 spiro atoms. The first-order valence-electron chi connectivity index (χ1n) is 9.06. The Morgan fingerprint density at radius 1 is 1.27 bits per heavy atom. The van der Waals surface area contributed by atoms with Gasteiger partial charge in [-0.2, -0.15) is 0 Å². The van der Waals surface area contributed by atoms with Crippen molar-refractivity contribution in [2.75, 3.05) is 20.2 Å². The minimum Gasteiger partial charge on any atom is -0.468 e. The fraction of sp³-hybridized carbons (Fsp3) is 0.600. The van der Waals surface area contributed by atoms with Crippen LogP contribution < -0.4 is 0 Å². The highest BCUT2D eigenvalue weighted by atomic mass is 16.6. The van der Waals surface area contributed by atoms with E-state index in [4.69, 9.17) is 9.47 Å². The highest BCUT2D eigenvalue weighted by Gasteiger charge is 2.37. The number of carbonyl (C=O) groups is 2. The molecule has 1 heterocycles. The van der Waals surface area contributed by atoms with Gasteiger partial charge in [0.1, 0.15) is 11.6 Å². The van der Waals surface area contributed by atoms with E-state index >= 15 is 0 Å². The third-order valence-electron chi connectivity index (χ3n) is 4.54. The second kappa shape index (κ2) is 8.54. The zero-order valence-corrected chi connectivity index (χ0v) is 16.4. The molecule has 1 aliphatic heterocycles. The van der Waals surface area contributed by atoms with Crippen LogP contribution in [0.2, 0.25) is 0 Å². The predicted octanol–water partition coefficient (Wildman–Crippen LogP) is 3.06. The third-order valence-corrected chi connectivity index (χ3v) is 4.54. The van der Waals surface area contributed by atoms with Crippen molar-refractivity contribution in [1.29, 1.82) is 0 Å². The number of carbonyl (C=O) groups excluding carboxylic acids is 2. The van der Waals surface area contributed by atoms with Gasteiger partial charge in [0, 0.05) is 25.7 Å². The van der Waals surface area contributed by atoms with E-state index in [1.807, 2.05) is 58.0 Å². The molecule has 144 valence electrons. The number of methoxy groups -OCH3 is 1. The van der Waals surface area contributed by atoms with E-state index in [1.165, 1.54) is 7.11 Å². The average molecular weight is 362 g/mol. The smallest absolute Gasteiger partial charge is 0.410 e. The maximum Gasteiger partial charge on any atom is 0.410 e. The lowest BCUT2D eigenvalue weighted by Gasteiger charge is -2.44. The lowest BCUT2D eigenvalue weighted by Crippen LogP contribution is -2.58. The number of rotatable bonds is 6. The molecule has 0 aromatic heterocycles. The van der Waals surface area contributed by atoms with Gasteiger partial charge in [-0.3, -0.25) is 9.69 Å². The third kappa shape index (κ3) is 5.46. The first-order chi connectivity index (χ1) is 12.2. The molecule has 1 aliphatic rings. The number of hydrogen-bond donors (Lipinski definition) is 0. The SMILES string of the molecule is COC(=O)C(C)N(Cc1ccccc1)CC1CCN1C(=O)OC(C)(C)C. The lowest BCUT2D eigenvalue weighted by atomic mass is 10.0. The first-order valence-corrected chi connectivity index (χ1v) is 9.06. The minimum absolute atomic E-state index is 0.0423. The maximum atomic E-state index is 12.3. The van der Waals surface area contributed by atoms with Gasteiger partial charge in [0.25, 0.3) is 0 Å². The Morgan fingerprint density at radius 3 is 2.42 bits per heavy atom. The minimum atomic E-state index is -0.514. The van der Waals surface area contributed by atoms with Gasteiger partial charge in [-0.05, 0) is 39.7 Å². The van der Waals surface area contributed by atoms with Gasteiger partial charge in [-0.15, -0.1) is 0 Å². The van der Waals surface area contributed by atoms with E-state index in [0.717, 1.165) is 12.0 Å². The van der Waals surface area contributed by atoms with Crippen LogP contribution in [-0.2, 0) is 20.8 Å². The predicted molar refractivity (Wildman–Crippen MR) is 99.7 cm³/mol. The molecule has 2 atom stereocenters. The van der Waals surface area contributed by atoms with Crippen molar-refractivity contribution in [2.24, 2.45) is 0 Å². The highest BCUT2D eigenvalue weighted by Crippen LogP contribution is 2.23. The summed E-state index contributed by atoms with van der Waals surface area (Å²) in [5.41, 5.74) is 0.603. The summed E-state index contributed by atoms with van der Waals surface area (Å²) < 4.78 is 10.4. The molecule has 6 nitrogen and oxygen atoms in total. The van der Waals surface area contributed by atoms with Crippen LogP contribution in [0.25, 0.3) is 0 Å². The summed E-state index contributed by atoms with van der Waals surface area (Å²) in [5, 5.41) is 0. The van der Waals surface area contributed by atoms with Crippen LogP contribution >= 0.6 is 0 Å². The van der Waals surface area contributed by atoms with Gasteiger partial charge < -0.3 is 14.4 Å². The Morgan fingerprint density at radius 2 is 1.92 bits per heavy atom. The van der Waals surface area contributed by atoms with Crippen molar-refractivity contribution in [1.82, 2.24) is 9.80 Å². The Hall–Kier alpha value is -2.08. The van der Waals surface area contributed by atoms with Crippen molar-refractivity contribution >= 4 is 12.1 Å². The number of amides is 1. The largest absolute Gasteiger partial charge is 0.468 e. The van der Waals surface area contributed by atoms with Crippen LogP contribution in [0.15, 0.2) is 30.3 Å². The van der Waals surface area contributed by atoms with E-state index in [-0.39, 0.29) is 24.1 Å². The number of hydrogen-bond acceptors (Lipinski definition) is 5. The Kier molecular flexibility index (Phi) is 6.64. The number of ether oxygens (including phenoxy) is 2. The van der Waals surface area contributed by atoms with E-state index in [0.29, 0.717) is 19.6 Å². The standard InChI is InChI=1S/C20H30N2O4/c1-15(18(23)25-5)21(13-16-9-7-6-8-10-16)14-17-11-12-22(17)19(24)26-20(2,3)4/h6-10,15,17H,11-14H2,1-5H3. The molecule has 0 aliphatic carbocycles. The summed E-state index contributed by atoms with van der Waals surface area (Å²) in [4.78, 5) is 28.2. The number of esters is 1. The molecule has 1 saturated heterocycles. The molecule has 2 unspecified atom stereocenters. The zero-order chi connectivity index (χ0) is 19.3. The molecule has 1 fully saturated rings. The van der Waals surface area contributed by atoms with Crippen molar-refractivity contribution in [3.05, 3.63) is 35.9 Å². The normalized spacial score (nSPS) is 18.2. The summed E-state index contributed by atoms with van der Waals surface area (Å²) >= 11 is 0. The summed E-state index contributed by atoms with van der Waals surface area (Å²) in [5.74, 6) is -0.274. The van der Waals surface area contributed by atoms with Crippen LogP contribution in [0.5, 0.6) is 0 Å². The summed E-state index contributed by atoms with van der Waals surface area (Å²) in [7, 11) is 1.40. The number of nitrogens with zero attached hydrogens (tertiary/aromatic N) is 2. The number of likely N-dealkylation sites (tertiary alicyclic amines) is 1. The van der Waals surface area contributed by atoms with Gasteiger partial charge in [-0.25, -0.2) is 4.79 Å². The van der Waals surface area contributed by atoms with Gasteiger partial charge in [0.05, 0.1) is 7.11 Å². The van der Waals surface area contributed by atoms with Gasteiger partial charge in [0.15, 0.2) is 0 Å². The molecule has 1 aromatic rings. The molecular formula is C20H30N2O4. The van der Waals surface area contributed by atoms with Crippen LogP contribution in [-0.4, -0.2) is 59.7 Å². The molecular weight excluding hydrogens is 332 g/mol. The molecule has 0 radical (unpaired) electrons. The topological polar surface area (TPSA) is 59.1 Å². The molecule has 0 saturated carbocycles. The summed E-state index contributed by atoms with van der Waals surface area (Å²) in [6.07, 6.45) is 0.609. The van der Waals surface area contributed by atoms with E-state index in [2.05, 4.69) is 4.90 Å². The molecule has 26 heavy (non-hydrogen) atoms. The average Bonchev–Trinajstić information content (AvgIpc) is 2.55. The second-order valence-electron chi connectivity index (χ2n) is 7.73. The lowest BCUT2D eigenvalue weighted by molar-refractivity contribution is -0.147. The number of benzene rings is 1. The van der Waals surface area contributed by atoms with Crippen molar-refractivity contribution in [3.63, 3.8) is 0 Å².